The number of nitrogens with one attached hydrogen (secondary N) is 1. The maximum absolute atomic E-state index is 12.9. The van der Waals surface area contributed by atoms with Crippen LogP contribution in [0.2, 0.25) is 0 Å². The zero-order chi connectivity index (χ0) is 15.7. The third kappa shape index (κ3) is 2.16. The predicted molar refractivity (Wildman–Crippen MR) is 83.6 cm³/mol. The first-order valence-electron chi connectivity index (χ1n) is 6.45. The van der Waals surface area contributed by atoms with Gasteiger partial charge >= 0.3 is 0 Å². The molecule has 0 saturated heterocycles. The van der Waals surface area contributed by atoms with Gasteiger partial charge in [-0.2, -0.15) is 5.01 Å². The Morgan fingerprint density at radius 1 is 0.909 bits per heavy atom. The number of carbonyl (C=O) groups is 2. The van der Waals surface area contributed by atoms with E-state index in [4.69, 9.17) is 0 Å². The molecule has 1 heterocycles. The number of carbonyl (C=O) groups excluding carboxylic acids is 2. The van der Waals surface area contributed by atoms with E-state index in [1.807, 2.05) is 0 Å². The Hall–Kier alpha value is -2.66. The maximum atomic E-state index is 12.9. The number of fused-ring (bicyclic) bond motifs is 1. The van der Waals surface area contributed by atoms with Gasteiger partial charge in [0.05, 0.1) is 16.0 Å². The van der Waals surface area contributed by atoms with Crippen LogP contribution in [-0.4, -0.2) is 26.1 Å². The van der Waals surface area contributed by atoms with Crippen molar-refractivity contribution in [1.82, 2.24) is 9.84 Å². The van der Waals surface area contributed by atoms with Crippen molar-refractivity contribution in [2.45, 2.75) is 4.90 Å². The topological polar surface area (TPSA) is 66.5 Å². The van der Waals surface area contributed by atoms with Gasteiger partial charge in [-0.3, -0.25) is 9.59 Å². The molecule has 0 fully saturated rings. The van der Waals surface area contributed by atoms with Crippen LogP contribution in [0.15, 0.2) is 66.1 Å². The Bertz CT molecular complexity index is 873. The largest absolute Gasteiger partial charge is 0.276 e. The lowest BCUT2D eigenvalue weighted by molar-refractivity contribution is 0.0621. The average Bonchev–Trinajstić information content (AvgIpc) is 2.81. The standard InChI is InChI=1S/C16H12N2O3S/c1-2-22(21,12-8-4-3-5-9-12)17-18-15(19)13-10-6-7-11-14(13)16(18)20/h3-11H,1H2,(H,17,21). The van der Waals surface area contributed by atoms with Crippen LogP contribution in [-0.2, 0) is 9.71 Å². The molecule has 2 aromatic rings. The van der Waals surface area contributed by atoms with Gasteiger partial charge in [-0.05, 0) is 35.9 Å². The van der Waals surface area contributed by atoms with E-state index in [0.29, 0.717) is 4.90 Å². The maximum Gasteiger partial charge on any atom is 0.276 e. The van der Waals surface area contributed by atoms with E-state index in [2.05, 4.69) is 16.4 Å². The minimum Gasteiger partial charge on any atom is -0.267 e. The number of hydrogen-bond donors (Lipinski definition) is 1. The molecule has 1 aliphatic rings. The van der Waals surface area contributed by atoms with Crippen molar-refractivity contribution in [3.05, 3.63) is 72.3 Å². The summed E-state index contributed by atoms with van der Waals surface area (Å²) < 4.78 is 12.9. The predicted octanol–water partition coefficient (Wildman–Crippen LogP) is 1.63. The second-order valence-corrected chi connectivity index (χ2v) is 6.65. The highest BCUT2D eigenvalue weighted by molar-refractivity contribution is 7.99. The summed E-state index contributed by atoms with van der Waals surface area (Å²) in [5.74, 6) is -1.08. The fourth-order valence-corrected chi connectivity index (χ4v) is 3.48. The van der Waals surface area contributed by atoms with Crippen molar-refractivity contribution in [3.8, 4) is 0 Å². The van der Waals surface area contributed by atoms with Gasteiger partial charge in [-0.15, -0.1) is 4.83 Å². The van der Waals surface area contributed by atoms with Crippen molar-refractivity contribution in [2.75, 3.05) is 0 Å². The van der Waals surface area contributed by atoms with Crippen LogP contribution in [0.3, 0.4) is 0 Å². The van der Waals surface area contributed by atoms with Gasteiger partial charge in [0.1, 0.15) is 9.71 Å². The molecule has 0 saturated carbocycles. The van der Waals surface area contributed by atoms with Crippen LogP contribution in [0.25, 0.3) is 0 Å². The van der Waals surface area contributed by atoms with E-state index in [1.165, 1.54) is 0 Å². The second kappa shape index (κ2) is 5.27. The highest BCUT2D eigenvalue weighted by Crippen LogP contribution is 2.22. The van der Waals surface area contributed by atoms with E-state index >= 15 is 0 Å². The van der Waals surface area contributed by atoms with Crippen molar-refractivity contribution >= 4 is 26.5 Å². The minimum atomic E-state index is -3.10. The van der Waals surface area contributed by atoms with Crippen LogP contribution in [0, 0.1) is 0 Å². The van der Waals surface area contributed by atoms with E-state index < -0.39 is 21.5 Å². The number of hydrogen-bond acceptors (Lipinski definition) is 3. The van der Waals surface area contributed by atoms with Crippen molar-refractivity contribution in [3.63, 3.8) is 0 Å². The molecule has 0 radical (unpaired) electrons. The Labute approximate surface area is 128 Å². The molecular formula is C16H12N2O3S. The monoisotopic (exact) mass is 312 g/mol. The number of amides is 2. The summed E-state index contributed by atoms with van der Waals surface area (Å²) >= 11 is 0. The fraction of sp³-hybridized carbons (Fsp3) is 0. The highest BCUT2D eigenvalue weighted by Gasteiger charge is 2.37. The molecule has 0 bridgehead atoms. The van der Waals surface area contributed by atoms with Crippen molar-refractivity contribution in [2.24, 2.45) is 0 Å². The van der Waals surface area contributed by atoms with Crippen LogP contribution < -0.4 is 4.83 Å². The lowest BCUT2D eigenvalue weighted by Gasteiger charge is -2.18. The lowest BCUT2D eigenvalue weighted by atomic mass is 10.1. The Morgan fingerprint density at radius 3 is 1.91 bits per heavy atom. The molecule has 5 nitrogen and oxygen atoms in total. The number of benzene rings is 2. The molecular weight excluding hydrogens is 300 g/mol. The summed E-state index contributed by atoms with van der Waals surface area (Å²) in [5, 5.41) is 3.17. The van der Waals surface area contributed by atoms with E-state index in [1.54, 1.807) is 54.6 Å². The third-order valence-electron chi connectivity index (χ3n) is 3.29. The van der Waals surface area contributed by atoms with Crippen LogP contribution in [0.5, 0.6) is 0 Å². The highest BCUT2D eigenvalue weighted by atomic mass is 32.2. The van der Waals surface area contributed by atoms with Crippen LogP contribution >= 0.6 is 0 Å². The van der Waals surface area contributed by atoms with Gasteiger partial charge in [-0.1, -0.05) is 30.3 Å². The third-order valence-corrected chi connectivity index (χ3v) is 5.07. The Morgan fingerprint density at radius 2 is 1.41 bits per heavy atom. The molecule has 1 unspecified atom stereocenters. The van der Waals surface area contributed by atoms with Gasteiger partial charge in [-0.25, -0.2) is 4.21 Å². The molecule has 6 heteroatoms. The Balaban J connectivity index is 2.01. The normalized spacial score (nSPS) is 16.1. The summed E-state index contributed by atoms with van der Waals surface area (Å²) in [4.78, 5) is 27.5. The number of imide groups is 1. The zero-order valence-corrected chi connectivity index (χ0v) is 12.3. The van der Waals surface area contributed by atoms with Gasteiger partial charge < -0.3 is 0 Å². The average molecular weight is 312 g/mol. The van der Waals surface area contributed by atoms with Crippen molar-refractivity contribution in [1.29, 1.82) is 0 Å². The van der Waals surface area contributed by atoms with Crippen LogP contribution in [0.1, 0.15) is 20.7 Å². The first-order valence-corrected chi connectivity index (χ1v) is 8.01. The van der Waals surface area contributed by atoms with E-state index in [0.717, 1.165) is 5.01 Å². The van der Waals surface area contributed by atoms with E-state index in [9.17, 15) is 13.8 Å². The number of rotatable bonds is 3. The molecule has 1 atom stereocenters. The summed E-state index contributed by atoms with van der Waals surface area (Å²) in [5.41, 5.74) is 0.553. The van der Waals surface area contributed by atoms with Gasteiger partial charge in [0.25, 0.3) is 11.8 Å². The second-order valence-electron chi connectivity index (χ2n) is 4.60. The smallest absolute Gasteiger partial charge is 0.267 e. The molecule has 2 aromatic carbocycles. The van der Waals surface area contributed by atoms with Crippen LogP contribution in [0.4, 0.5) is 0 Å². The summed E-state index contributed by atoms with van der Waals surface area (Å²) in [6.45, 7) is 3.44. The fourth-order valence-electron chi connectivity index (χ4n) is 2.18. The molecule has 0 aromatic heterocycles. The zero-order valence-electron chi connectivity index (χ0n) is 11.5. The number of nitrogens with zero attached hydrogens (tertiary/aromatic N) is 1. The Kier molecular flexibility index (Phi) is 3.42. The first-order chi connectivity index (χ1) is 10.6. The van der Waals surface area contributed by atoms with Gasteiger partial charge in [0.15, 0.2) is 0 Å². The quantitative estimate of drug-likeness (QED) is 0.692. The van der Waals surface area contributed by atoms with E-state index in [-0.39, 0.29) is 11.1 Å². The minimum absolute atomic E-state index is 0.277. The van der Waals surface area contributed by atoms with Gasteiger partial charge in [0, 0.05) is 0 Å². The summed E-state index contributed by atoms with van der Waals surface area (Å²) in [6, 6.07) is 14.9. The molecule has 110 valence electrons. The van der Waals surface area contributed by atoms with Crippen molar-refractivity contribution < 1.29 is 13.8 Å². The SMILES string of the molecule is C=C=S(=O)(NN1C(=O)c2ccccc2C1=O)c1ccccc1. The first kappa shape index (κ1) is 14.3. The molecule has 22 heavy (non-hydrogen) atoms. The molecule has 3 rings (SSSR count). The lowest BCUT2D eigenvalue weighted by Crippen LogP contribution is -2.45. The molecule has 1 N–H and O–H groups in total. The molecule has 0 aliphatic carbocycles. The number of hydrazine groups is 1. The molecule has 2 amide bonds. The molecule has 1 aliphatic heterocycles. The summed E-state index contributed by atoms with van der Waals surface area (Å²) in [7, 11) is -3.10. The molecule has 0 spiro atoms. The summed E-state index contributed by atoms with van der Waals surface area (Å²) in [6.07, 6.45) is 0. The van der Waals surface area contributed by atoms with Gasteiger partial charge in [0.2, 0.25) is 0 Å².